The van der Waals surface area contributed by atoms with Crippen LogP contribution in [0.2, 0.25) is 0 Å². The number of amides is 1. The van der Waals surface area contributed by atoms with Gasteiger partial charge in [-0.2, -0.15) is 9.97 Å². The number of piperazine rings is 1. The number of pyridine rings is 1. The number of hydrogen-bond acceptors (Lipinski definition) is 12. The Labute approximate surface area is 324 Å². The smallest absolute Gasteiger partial charge is 0.410 e. The molecule has 2 aromatic heterocycles. The van der Waals surface area contributed by atoms with E-state index >= 15 is 8.78 Å². The quantitative estimate of drug-likeness (QED) is 0.189. The molecule has 8 rings (SSSR count). The number of carbonyl (C=O) groups excluding carboxylic acids is 1. The molecule has 6 heterocycles. The summed E-state index contributed by atoms with van der Waals surface area (Å²) in [6.45, 7) is 11.1. The second-order valence-corrected chi connectivity index (χ2v) is 16.4. The zero-order valence-corrected chi connectivity index (χ0v) is 32.9. The number of anilines is 1. The van der Waals surface area contributed by atoms with Crippen LogP contribution in [0.3, 0.4) is 0 Å². The molecule has 2 aromatic carbocycles. The maximum atomic E-state index is 17.5. The highest BCUT2D eigenvalue weighted by atomic mass is 19.1. The van der Waals surface area contributed by atoms with E-state index in [1.165, 1.54) is 13.2 Å². The number of methoxy groups -OCH3 is 1. The van der Waals surface area contributed by atoms with Crippen molar-refractivity contribution in [2.45, 2.75) is 96.0 Å². The fourth-order valence-electron chi connectivity index (χ4n) is 9.08. The summed E-state index contributed by atoms with van der Waals surface area (Å²) >= 11 is 0. The van der Waals surface area contributed by atoms with Gasteiger partial charge in [-0.05, 0) is 101 Å². The minimum absolute atomic E-state index is 0.00398. The van der Waals surface area contributed by atoms with E-state index in [0.717, 1.165) is 32.2 Å². The number of halogens is 2. The molecule has 0 radical (unpaired) electrons. The summed E-state index contributed by atoms with van der Waals surface area (Å²) in [6, 6.07) is 5.76. The Kier molecular flexibility index (Phi) is 10.1. The molecule has 1 N–H and O–H groups in total. The third-order valence-corrected chi connectivity index (χ3v) is 11.8. The van der Waals surface area contributed by atoms with Crippen LogP contribution < -0.4 is 19.1 Å². The highest BCUT2D eigenvalue weighted by Gasteiger charge is 2.50. The lowest BCUT2D eigenvalue weighted by Gasteiger charge is -2.45. The minimum atomic E-state index is -0.755. The Hall–Kier alpha value is -4.60. The van der Waals surface area contributed by atoms with Crippen LogP contribution in [0, 0.1) is 18.6 Å². The van der Waals surface area contributed by atoms with Gasteiger partial charge >= 0.3 is 12.1 Å². The minimum Gasteiger partial charge on any atom is -0.475 e. The molecule has 56 heavy (non-hydrogen) atoms. The lowest BCUT2D eigenvalue weighted by atomic mass is 9.95. The van der Waals surface area contributed by atoms with Crippen molar-refractivity contribution < 1.29 is 42.4 Å². The highest BCUT2D eigenvalue weighted by Crippen LogP contribution is 2.46. The lowest BCUT2D eigenvalue weighted by Crippen LogP contribution is -2.62. The molecule has 0 spiro atoms. The number of aliphatic hydroxyl groups excluding tert-OH is 1. The van der Waals surface area contributed by atoms with Crippen molar-refractivity contribution in [1.29, 1.82) is 0 Å². The number of carbonyl (C=O) groups is 1. The van der Waals surface area contributed by atoms with E-state index in [-0.39, 0.29) is 84.8 Å². The molecule has 13 nitrogen and oxygen atoms in total. The topological polar surface area (TPSA) is 132 Å². The summed E-state index contributed by atoms with van der Waals surface area (Å²) in [5.41, 5.74) is -0.521. The van der Waals surface area contributed by atoms with Gasteiger partial charge in [0.2, 0.25) is 5.88 Å². The lowest BCUT2D eigenvalue weighted by molar-refractivity contribution is 0.00831. The van der Waals surface area contributed by atoms with Crippen LogP contribution in [0.25, 0.3) is 32.9 Å². The van der Waals surface area contributed by atoms with Crippen molar-refractivity contribution in [2.24, 2.45) is 0 Å². The molecule has 4 aliphatic heterocycles. The van der Waals surface area contributed by atoms with Crippen molar-refractivity contribution in [3.05, 3.63) is 41.5 Å². The number of rotatable bonds is 9. The van der Waals surface area contributed by atoms with Gasteiger partial charge in [0.25, 0.3) is 0 Å². The molecule has 4 aliphatic rings. The second kappa shape index (κ2) is 14.7. The van der Waals surface area contributed by atoms with Gasteiger partial charge in [-0.25, -0.2) is 18.6 Å². The molecular formula is C41H50F2N6O7. The fraction of sp³-hybridized carbons (Fsp3) is 0.561. The second-order valence-electron chi connectivity index (χ2n) is 16.4. The largest absolute Gasteiger partial charge is 0.475 e. The van der Waals surface area contributed by atoms with Gasteiger partial charge in [0.1, 0.15) is 52.8 Å². The molecule has 4 aromatic rings. The molecule has 1 amide bonds. The number of aryl methyl sites for hydroxylation is 1. The Morgan fingerprint density at radius 3 is 2.64 bits per heavy atom. The molecule has 0 bridgehead atoms. The molecule has 3 saturated heterocycles. The van der Waals surface area contributed by atoms with Crippen molar-refractivity contribution >= 4 is 33.6 Å². The first-order chi connectivity index (χ1) is 26.8. The van der Waals surface area contributed by atoms with Gasteiger partial charge in [0.05, 0.1) is 24.2 Å². The molecule has 3 fully saturated rings. The average Bonchev–Trinajstić information content (AvgIpc) is 3.70. The summed E-state index contributed by atoms with van der Waals surface area (Å²) in [4.78, 5) is 34.2. The van der Waals surface area contributed by atoms with Crippen molar-refractivity contribution in [3.63, 3.8) is 0 Å². The first kappa shape index (κ1) is 38.3. The molecule has 0 saturated carbocycles. The van der Waals surface area contributed by atoms with E-state index in [0.29, 0.717) is 40.9 Å². The first-order valence-corrected chi connectivity index (χ1v) is 19.5. The number of benzene rings is 2. The SMILES string of the molecule is CC[C@@H]1CN2c3nc(OC[C@@]45CCCN4[C@H](CO)CC5)nc4c(F)c(-c5cc(OCOC)cc6ccc(F)c(C)c56)nc(c34)OC[C@@H]2CN1C(=O)OC(C)(C)C. The molecule has 300 valence electrons. The molecule has 4 atom stereocenters. The summed E-state index contributed by atoms with van der Waals surface area (Å²) in [5.74, 6) is -0.324. The predicted molar refractivity (Wildman–Crippen MR) is 205 cm³/mol. The van der Waals surface area contributed by atoms with Crippen molar-refractivity contribution in [2.75, 3.05) is 58.3 Å². The highest BCUT2D eigenvalue weighted by molar-refractivity contribution is 6.03. The van der Waals surface area contributed by atoms with Gasteiger partial charge in [-0.15, -0.1) is 0 Å². The van der Waals surface area contributed by atoms with Crippen molar-refractivity contribution in [3.8, 4) is 28.9 Å². The van der Waals surface area contributed by atoms with Crippen LogP contribution >= 0.6 is 0 Å². The monoisotopic (exact) mass is 776 g/mol. The first-order valence-electron chi connectivity index (χ1n) is 19.5. The molecule has 0 aliphatic carbocycles. The third kappa shape index (κ3) is 6.70. The number of hydrogen-bond donors (Lipinski definition) is 1. The van der Waals surface area contributed by atoms with E-state index in [2.05, 4.69) is 9.80 Å². The van der Waals surface area contributed by atoms with Crippen LogP contribution in [-0.4, -0.2) is 119 Å². The average molecular weight is 777 g/mol. The summed E-state index contributed by atoms with van der Waals surface area (Å²) in [7, 11) is 1.50. The van der Waals surface area contributed by atoms with E-state index < -0.39 is 29.4 Å². The summed E-state index contributed by atoms with van der Waals surface area (Å²) in [5, 5.41) is 11.5. The van der Waals surface area contributed by atoms with Gasteiger partial charge in [-0.3, -0.25) is 4.90 Å². The van der Waals surface area contributed by atoms with Crippen LogP contribution in [0.15, 0.2) is 24.3 Å². The predicted octanol–water partition coefficient (Wildman–Crippen LogP) is 6.38. The van der Waals surface area contributed by atoms with Gasteiger partial charge in [-0.1, -0.05) is 13.0 Å². The number of aromatic nitrogens is 3. The Balaban J connectivity index is 1.28. The van der Waals surface area contributed by atoms with E-state index in [1.54, 1.807) is 30.0 Å². The number of ether oxygens (including phenoxy) is 5. The van der Waals surface area contributed by atoms with Gasteiger partial charge in [0.15, 0.2) is 12.6 Å². The molecule has 0 unspecified atom stereocenters. The Bertz CT molecular complexity index is 2170. The third-order valence-electron chi connectivity index (χ3n) is 11.8. The van der Waals surface area contributed by atoms with Crippen LogP contribution in [0.5, 0.6) is 17.6 Å². The zero-order chi connectivity index (χ0) is 39.5. The maximum absolute atomic E-state index is 17.5. The molecular weight excluding hydrogens is 726 g/mol. The fourth-order valence-corrected chi connectivity index (χ4v) is 9.08. The normalized spacial score (nSPS) is 23.6. The van der Waals surface area contributed by atoms with E-state index in [1.807, 2.05) is 27.7 Å². The van der Waals surface area contributed by atoms with Crippen molar-refractivity contribution in [1.82, 2.24) is 24.8 Å². The van der Waals surface area contributed by atoms with Gasteiger partial charge < -0.3 is 38.6 Å². The Morgan fingerprint density at radius 1 is 1.07 bits per heavy atom. The standard InChI is InChI=1S/C41H50F2N6O7/c1-7-25-17-47-27(18-48(25)39(51)56-40(3,4)5)20-53-37-32-35(45-38(46-36(32)47)54-21-41-12-8-14-49(41)26(19-50)11-13-41)33(43)34(44-37)29-16-28(55-22-52-6)15-24-9-10-30(42)23(2)31(24)29/h9-10,15-16,25-27,50H,7-8,11-14,17-22H2,1-6H3/t25-,26+,27+,41+/m1/s1. The summed E-state index contributed by atoms with van der Waals surface area (Å²) < 4.78 is 62.4. The van der Waals surface area contributed by atoms with Crippen LogP contribution in [0.4, 0.5) is 19.4 Å². The number of aliphatic hydroxyl groups is 1. The zero-order valence-electron chi connectivity index (χ0n) is 32.9. The summed E-state index contributed by atoms with van der Waals surface area (Å²) in [6.07, 6.45) is 3.82. The Morgan fingerprint density at radius 2 is 1.89 bits per heavy atom. The number of fused-ring (bicyclic) bond motifs is 4. The van der Waals surface area contributed by atoms with Gasteiger partial charge in [0, 0.05) is 31.8 Å². The van der Waals surface area contributed by atoms with E-state index in [9.17, 15) is 9.90 Å². The molecule has 15 heteroatoms. The maximum Gasteiger partial charge on any atom is 0.410 e. The van der Waals surface area contributed by atoms with Crippen LogP contribution in [0.1, 0.15) is 65.4 Å². The van der Waals surface area contributed by atoms with Crippen LogP contribution in [-0.2, 0) is 9.47 Å². The number of nitrogens with zero attached hydrogens (tertiary/aromatic N) is 6. The van der Waals surface area contributed by atoms with E-state index in [4.69, 9.17) is 38.6 Å².